The standard InChI is InChI=1S/C35H42N6O8S/c1-8-10-15-29-36-33-30(31(35(43)47-7)37-39(33)5)34(42)40(29)19-24-16-17-26(25(18-24)20-48-9-2)27-13-11-12-14-28(27)50(44,45)41(21-46-6)32-22(3)23(4)49-38-32/h11-14,16-18H,8-10,15,19-21H2,1-7H3. The zero-order valence-corrected chi connectivity index (χ0v) is 30.2. The number of benzene rings is 2. The summed E-state index contributed by atoms with van der Waals surface area (Å²) >= 11 is 0. The van der Waals surface area contributed by atoms with Crippen LogP contribution in [0.25, 0.3) is 22.2 Å². The fraction of sp³-hybridized carbons (Fsp3) is 0.400. The molecule has 0 N–H and O–H groups in total. The fourth-order valence-corrected chi connectivity index (χ4v) is 7.34. The van der Waals surface area contributed by atoms with Crippen molar-refractivity contribution in [2.75, 3.05) is 31.9 Å². The van der Waals surface area contributed by atoms with E-state index in [-0.39, 0.29) is 41.7 Å². The lowest BCUT2D eigenvalue weighted by molar-refractivity contribution is 0.0595. The average molecular weight is 707 g/mol. The molecule has 0 bridgehead atoms. The van der Waals surface area contributed by atoms with Crippen molar-refractivity contribution in [3.63, 3.8) is 0 Å². The van der Waals surface area contributed by atoms with E-state index in [2.05, 4.69) is 17.2 Å². The Bertz CT molecular complexity index is 2190. The highest BCUT2D eigenvalue weighted by molar-refractivity contribution is 7.93. The highest BCUT2D eigenvalue weighted by Gasteiger charge is 2.32. The van der Waals surface area contributed by atoms with Gasteiger partial charge in [-0.05, 0) is 49.9 Å². The topological polar surface area (TPSA) is 161 Å². The third kappa shape index (κ3) is 6.93. The number of hydrogen-bond donors (Lipinski definition) is 0. The zero-order valence-electron chi connectivity index (χ0n) is 29.3. The molecule has 0 atom stereocenters. The fourth-order valence-electron chi connectivity index (χ4n) is 5.76. The molecule has 0 saturated heterocycles. The van der Waals surface area contributed by atoms with Gasteiger partial charge in [-0.25, -0.2) is 27.2 Å². The van der Waals surface area contributed by atoms with Gasteiger partial charge in [0.15, 0.2) is 17.2 Å². The number of sulfonamides is 1. The number of ether oxygens (including phenoxy) is 3. The lowest BCUT2D eigenvalue weighted by atomic mass is 9.97. The minimum absolute atomic E-state index is 0.0437. The van der Waals surface area contributed by atoms with Crippen LogP contribution in [0.3, 0.4) is 0 Å². The summed E-state index contributed by atoms with van der Waals surface area (Å²) in [6.07, 6.45) is 2.23. The second-order valence-corrected chi connectivity index (χ2v) is 13.6. The maximum atomic E-state index is 14.3. The molecule has 5 aromatic rings. The predicted octanol–water partition coefficient (Wildman–Crippen LogP) is 4.92. The molecule has 0 spiro atoms. The van der Waals surface area contributed by atoms with Crippen molar-refractivity contribution in [3.05, 3.63) is 86.8 Å². The molecule has 0 aliphatic heterocycles. The summed E-state index contributed by atoms with van der Waals surface area (Å²) in [6, 6.07) is 12.3. The van der Waals surface area contributed by atoms with Gasteiger partial charge in [-0.3, -0.25) is 9.36 Å². The van der Waals surface area contributed by atoms with Crippen molar-refractivity contribution < 1.29 is 31.9 Å². The molecule has 2 aromatic carbocycles. The molecule has 0 saturated carbocycles. The number of fused-ring (bicyclic) bond motifs is 1. The summed E-state index contributed by atoms with van der Waals surface area (Å²) in [5.74, 6) is 0.475. The molecule has 0 fully saturated rings. The van der Waals surface area contributed by atoms with Gasteiger partial charge in [-0.2, -0.15) is 5.10 Å². The third-order valence-corrected chi connectivity index (χ3v) is 10.3. The Hall–Kier alpha value is -4.86. The molecule has 0 aliphatic rings. The predicted molar refractivity (Wildman–Crippen MR) is 187 cm³/mol. The van der Waals surface area contributed by atoms with Crippen molar-refractivity contribution in [2.45, 2.75) is 65.0 Å². The molecule has 5 rings (SSSR count). The lowest BCUT2D eigenvalue weighted by Crippen LogP contribution is -2.34. The number of carbonyl (C=O) groups is 1. The minimum atomic E-state index is -4.21. The van der Waals surface area contributed by atoms with Crippen LogP contribution in [0.5, 0.6) is 0 Å². The van der Waals surface area contributed by atoms with Gasteiger partial charge in [0.25, 0.3) is 15.6 Å². The van der Waals surface area contributed by atoms with Crippen LogP contribution in [0.4, 0.5) is 5.82 Å². The van der Waals surface area contributed by atoms with Crippen molar-refractivity contribution in [1.82, 2.24) is 24.5 Å². The van der Waals surface area contributed by atoms with Gasteiger partial charge in [0.2, 0.25) is 0 Å². The first-order valence-corrected chi connectivity index (χ1v) is 17.7. The molecule has 50 heavy (non-hydrogen) atoms. The van der Waals surface area contributed by atoms with E-state index in [1.54, 1.807) is 49.7 Å². The van der Waals surface area contributed by atoms with Gasteiger partial charge in [0, 0.05) is 38.3 Å². The summed E-state index contributed by atoms with van der Waals surface area (Å²) in [5.41, 5.74) is 2.95. The van der Waals surface area contributed by atoms with Crippen LogP contribution in [-0.2, 0) is 50.9 Å². The number of carbonyl (C=O) groups excluding carboxylic acids is 1. The van der Waals surface area contributed by atoms with Crippen LogP contribution in [-0.4, -0.2) is 66.4 Å². The van der Waals surface area contributed by atoms with Crippen LogP contribution >= 0.6 is 0 Å². The Balaban J connectivity index is 1.64. The highest BCUT2D eigenvalue weighted by Crippen LogP contribution is 2.35. The van der Waals surface area contributed by atoms with Crippen molar-refractivity contribution in [1.29, 1.82) is 0 Å². The summed E-state index contributed by atoms with van der Waals surface area (Å²) < 4.78 is 54.1. The Kier molecular flexibility index (Phi) is 11.2. The molecule has 0 unspecified atom stereocenters. The van der Waals surface area contributed by atoms with E-state index in [1.807, 2.05) is 25.1 Å². The quantitative estimate of drug-likeness (QED) is 0.107. The van der Waals surface area contributed by atoms with Gasteiger partial charge in [-0.1, -0.05) is 54.9 Å². The largest absolute Gasteiger partial charge is 0.464 e. The Morgan fingerprint density at radius 1 is 1.06 bits per heavy atom. The second-order valence-electron chi connectivity index (χ2n) is 11.8. The number of rotatable bonds is 15. The normalized spacial score (nSPS) is 11.7. The summed E-state index contributed by atoms with van der Waals surface area (Å²) in [5, 5.41) is 8.35. The number of methoxy groups -OCH3 is 2. The number of hydrogen-bond acceptors (Lipinski definition) is 11. The number of nitrogens with zero attached hydrogens (tertiary/aromatic N) is 6. The average Bonchev–Trinajstić information content (AvgIpc) is 3.63. The van der Waals surface area contributed by atoms with Gasteiger partial charge < -0.3 is 18.7 Å². The Morgan fingerprint density at radius 2 is 1.82 bits per heavy atom. The summed E-state index contributed by atoms with van der Waals surface area (Å²) in [4.78, 5) is 31.5. The maximum absolute atomic E-state index is 14.3. The van der Waals surface area contributed by atoms with Gasteiger partial charge in [0.05, 0.1) is 25.2 Å². The molecular formula is C35H42N6O8S. The van der Waals surface area contributed by atoms with Crippen LogP contribution in [0, 0.1) is 13.8 Å². The van der Waals surface area contributed by atoms with Crippen LogP contribution in [0.15, 0.2) is 56.7 Å². The number of unbranched alkanes of at least 4 members (excludes halogenated alkanes) is 1. The molecule has 0 amide bonds. The Morgan fingerprint density at radius 3 is 2.48 bits per heavy atom. The van der Waals surface area contributed by atoms with E-state index in [9.17, 15) is 18.0 Å². The van der Waals surface area contributed by atoms with Crippen molar-refractivity contribution in [3.8, 4) is 11.1 Å². The number of anilines is 1. The Labute approximate surface area is 290 Å². The first-order valence-electron chi connectivity index (χ1n) is 16.3. The molecule has 3 aromatic heterocycles. The second kappa shape index (κ2) is 15.4. The maximum Gasteiger partial charge on any atom is 0.359 e. The summed E-state index contributed by atoms with van der Waals surface area (Å²) in [6.45, 7) is 7.84. The van der Waals surface area contributed by atoms with Crippen molar-refractivity contribution >= 4 is 32.8 Å². The first kappa shape index (κ1) is 36.4. The monoisotopic (exact) mass is 706 g/mol. The van der Waals surface area contributed by atoms with Crippen molar-refractivity contribution in [2.24, 2.45) is 7.05 Å². The molecule has 3 heterocycles. The number of aromatic nitrogens is 5. The molecule has 14 nitrogen and oxygen atoms in total. The SMILES string of the molecule is CCCCc1nc2c(c(C(=O)OC)nn2C)c(=O)n1Cc1ccc(-c2ccccc2S(=O)(=O)N(COC)c2noc(C)c2C)c(COCC)c1. The molecule has 15 heteroatoms. The minimum Gasteiger partial charge on any atom is -0.464 e. The zero-order chi connectivity index (χ0) is 36.2. The van der Waals surface area contributed by atoms with Crippen LogP contribution in [0.1, 0.15) is 65.5 Å². The molecule has 0 aliphatic carbocycles. The first-order chi connectivity index (χ1) is 24.0. The lowest BCUT2D eigenvalue weighted by Gasteiger charge is -2.23. The smallest absolute Gasteiger partial charge is 0.359 e. The van der Waals surface area contributed by atoms with E-state index < -0.39 is 21.6 Å². The van der Waals surface area contributed by atoms with Gasteiger partial charge in [0.1, 0.15) is 23.7 Å². The van der Waals surface area contributed by atoms with Gasteiger partial charge >= 0.3 is 5.97 Å². The number of esters is 1. The van der Waals surface area contributed by atoms with Crippen LogP contribution < -0.4 is 9.86 Å². The van der Waals surface area contributed by atoms with Gasteiger partial charge in [-0.15, -0.1) is 0 Å². The third-order valence-electron chi connectivity index (χ3n) is 8.49. The summed E-state index contributed by atoms with van der Waals surface area (Å²) in [7, 11) is 0.0724. The number of aryl methyl sites for hydroxylation is 3. The van der Waals surface area contributed by atoms with E-state index in [4.69, 9.17) is 23.7 Å². The molecule has 0 radical (unpaired) electrons. The van der Waals surface area contributed by atoms with E-state index >= 15 is 0 Å². The van der Waals surface area contributed by atoms with E-state index in [0.717, 1.165) is 22.7 Å². The molecular weight excluding hydrogens is 664 g/mol. The van der Waals surface area contributed by atoms with E-state index in [1.165, 1.54) is 18.9 Å². The van der Waals surface area contributed by atoms with Crippen LogP contribution in [0.2, 0.25) is 0 Å². The molecule has 266 valence electrons. The van der Waals surface area contributed by atoms with E-state index in [0.29, 0.717) is 52.5 Å². The highest BCUT2D eigenvalue weighted by atomic mass is 32.2.